The lowest BCUT2D eigenvalue weighted by Gasteiger charge is -2.29. The van der Waals surface area contributed by atoms with E-state index in [9.17, 15) is 13.6 Å². The van der Waals surface area contributed by atoms with Crippen LogP contribution in [0.4, 0.5) is 8.78 Å². The van der Waals surface area contributed by atoms with E-state index in [1.807, 2.05) is 6.92 Å². The average molecular weight is 299 g/mol. The molecule has 2 atom stereocenters. The van der Waals surface area contributed by atoms with E-state index in [0.717, 1.165) is 12.8 Å². The van der Waals surface area contributed by atoms with Gasteiger partial charge >= 0.3 is 0 Å². The van der Waals surface area contributed by atoms with Crippen molar-refractivity contribution in [3.8, 4) is 0 Å². The number of rotatable bonds is 3. The molecular weight excluding hydrogens is 278 g/mol. The molecule has 4 nitrogen and oxygen atoms in total. The quantitative estimate of drug-likeness (QED) is 0.827. The highest BCUT2D eigenvalue weighted by Crippen LogP contribution is 2.25. The number of alkyl halides is 2. The van der Waals surface area contributed by atoms with Crippen molar-refractivity contribution in [2.75, 3.05) is 19.8 Å². The van der Waals surface area contributed by atoms with Crippen molar-refractivity contribution < 1.29 is 18.3 Å². The van der Waals surface area contributed by atoms with Gasteiger partial charge in [-0.3, -0.25) is 10.1 Å². The summed E-state index contributed by atoms with van der Waals surface area (Å²) in [7, 11) is 0. The molecule has 7 heteroatoms. The number of carbonyl (C=O) groups is 1. The van der Waals surface area contributed by atoms with Crippen molar-refractivity contribution in [3.63, 3.8) is 0 Å². The topological polar surface area (TPSA) is 50.4 Å². The Morgan fingerprint density at radius 3 is 2.58 bits per heavy atom. The number of nitrogens with one attached hydrogen (secondary N) is 2. The summed E-state index contributed by atoms with van der Waals surface area (Å²) in [5, 5.41) is 5.41. The van der Waals surface area contributed by atoms with Crippen LogP contribution < -0.4 is 10.6 Å². The van der Waals surface area contributed by atoms with Crippen LogP contribution >= 0.6 is 12.4 Å². The third-order valence-electron chi connectivity index (χ3n) is 3.77. The molecule has 2 rings (SSSR count). The van der Waals surface area contributed by atoms with Crippen LogP contribution in [0.15, 0.2) is 0 Å². The highest BCUT2D eigenvalue weighted by Gasteiger charge is 2.42. The van der Waals surface area contributed by atoms with Crippen molar-refractivity contribution in [3.05, 3.63) is 0 Å². The maximum atomic E-state index is 13.0. The van der Waals surface area contributed by atoms with Gasteiger partial charge < -0.3 is 10.1 Å². The third-order valence-corrected chi connectivity index (χ3v) is 3.77. The molecule has 2 aliphatic heterocycles. The molecule has 0 aromatic carbocycles. The van der Waals surface area contributed by atoms with Gasteiger partial charge in [0, 0.05) is 25.7 Å². The second-order valence-electron chi connectivity index (χ2n) is 5.24. The highest BCUT2D eigenvalue weighted by atomic mass is 35.5. The molecule has 0 saturated carbocycles. The van der Waals surface area contributed by atoms with Crippen LogP contribution in [0.3, 0.4) is 0 Å². The Morgan fingerprint density at radius 1 is 1.42 bits per heavy atom. The normalized spacial score (nSPS) is 28.5. The fourth-order valence-corrected chi connectivity index (χ4v) is 2.56. The van der Waals surface area contributed by atoms with Gasteiger partial charge in [-0.15, -0.1) is 12.4 Å². The zero-order valence-corrected chi connectivity index (χ0v) is 11.8. The van der Waals surface area contributed by atoms with Crippen molar-refractivity contribution in [1.82, 2.24) is 10.6 Å². The predicted molar refractivity (Wildman–Crippen MR) is 69.8 cm³/mol. The van der Waals surface area contributed by atoms with Gasteiger partial charge in [0.2, 0.25) is 5.91 Å². The first kappa shape index (κ1) is 16.6. The molecule has 2 heterocycles. The van der Waals surface area contributed by atoms with Gasteiger partial charge in [0.05, 0.1) is 12.6 Å². The molecule has 0 radical (unpaired) electrons. The van der Waals surface area contributed by atoms with Gasteiger partial charge in [0.1, 0.15) is 0 Å². The van der Waals surface area contributed by atoms with Crippen LogP contribution in [0.25, 0.3) is 0 Å². The van der Waals surface area contributed by atoms with Gasteiger partial charge in [-0.05, 0) is 25.7 Å². The molecule has 2 aliphatic rings. The molecule has 0 aromatic heterocycles. The minimum atomic E-state index is -2.76. The Bertz CT molecular complexity index is 312. The molecule has 0 bridgehead atoms. The van der Waals surface area contributed by atoms with Crippen LogP contribution in [0, 0.1) is 5.92 Å². The zero-order valence-electron chi connectivity index (χ0n) is 11.0. The van der Waals surface area contributed by atoms with E-state index in [1.54, 1.807) is 0 Å². The van der Waals surface area contributed by atoms with Crippen LogP contribution in [0.5, 0.6) is 0 Å². The smallest absolute Gasteiger partial charge is 0.262 e. The Morgan fingerprint density at radius 2 is 2.05 bits per heavy atom. The largest absolute Gasteiger partial charge is 0.381 e. The van der Waals surface area contributed by atoms with Crippen LogP contribution in [0.1, 0.15) is 26.2 Å². The minimum absolute atomic E-state index is 0. The standard InChI is InChI=1S/C12H20F2N2O2.ClH/c1-8(9-2-4-18-5-3-9)16-11(17)10-6-12(13,14)7-15-10;/h8-10,15H,2-7H2,1H3,(H,16,17);1H. The molecule has 2 fully saturated rings. The monoisotopic (exact) mass is 298 g/mol. The average Bonchev–Trinajstić information content (AvgIpc) is 2.71. The Balaban J connectivity index is 0.00000180. The van der Waals surface area contributed by atoms with E-state index in [4.69, 9.17) is 4.74 Å². The molecular formula is C12H21ClF2N2O2. The lowest BCUT2D eigenvalue weighted by molar-refractivity contribution is -0.124. The number of halogens is 3. The first-order chi connectivity index (χ1) is 8.48. The second-order valence-corrected chi connectivity index (χ2v) is 5.24. The van der Waals surface area contributed by atoms with Gasteiger partial charge in [-0.2, -0.15) is 0 Å². The van der Waals surface area contributed by atoms with E-state index in [2.05, 4.69) is 10.6 Å². The Labute approximate surface area is 118 Å². The Kier molecular flexibility index (Phi) is 5.95. The fourth-order valence-electron chi connectivity index (χ4n) is 2.56. The molecule has 112 valence electrons. The van der Waals surface area contributed by atoms with Crippen LogP contribution in [-0.4, -0.2) is 43.7 Å². The first-order valence-electron chi connectivity index (χ1n) is 6.47. The number of hydrogen-bond donors (Lipinski definition) is 2. The summed E-state index contributed by atoms with van der Waals surface area (Å²) in [6, 6.07) is -0.750. The molecule has 2 N–H and O–H groups in total. The summed E-state index contributed by atoms with van der Waals surface area (Å²) in [6.07, 6.45) is 1.42. The molecule has 2 unspecified atom stereocenters. The van der Waals surface area contributed by atoms with E-state index >= 15 is 0 Å². The Hall–Kier alpha value is -0.460. The first-order valence-corrected chi connectivity index (χ1v) is 6.47. The number of carbonyl (C=O) groups excluding carboxylic acids is 1. The highest BCUT2D eigenvalue weighted by molar-refractivity contribution is 5.85. The molecule has 0 aliphatic carbocycles. The second kappa shape index (κ2) is 6.81. The SMILES string of the molecule is CC(NC(=O)C1CC(F)(F)CN1)C1CCOCC1.Cl. The molecule has 2 saturated heterocycles. The predicted octanol–water partition coefficient (Wildman–Crippen LogP) is 1.34. The summed E-state index contributed by atoms with van der Waals surface area (Å²) in [6.45, 7) is 2.95. The number of amides is 1. The fraction of sp³-hybridized carbons (Fsp3) is 0.917. The van der Waals surface area contributed by atoms with E-state index in [-0.39, 0.29) is 24.4 Å². The van der Waals surface area contributed by atoms with E-state index in [1.165, 1.54) is 0 Å². The lowest BCUT2D eigenvalue weighted by Crippen LogP contribution is -2.47. The van der Waals surface area contributed by atoms with Crippen molar-refractivity contribution >= 4 is 18.3 Å². The molecule has 0 spiro atoms. The van der Waals surface area contributed by atoms with E-state index < -0.39 is 24.9 Å². The minimum Gasteiger partial charge on any atom is -0.381 e. The van der Waals surface area contributed by atoms with Crippen molar-refractivity contribution in [2.24, 2.45) is 5.92 Å². The van der Waals surface area contributed by atoms with Crippen LogP contribution in [0.2, 0.25) is 0 Å². The number of ether oxygens (including phenoxy) is 1. The molecule has 19 heavy (non-hydrogen) atoms. The third kappa shape index (κ3) is 4.54. The summed E-state index contributed by atoms with van der Waals surface area (Å²) in [5.74, 6) is -2.69. The molecule has 0 aromatic rings. The van der Waals surface area contributed by atoms with Crippen molar-refractivity contribution in [1.29, 1.82) is 0 Å². The summed E-state index contributed by atoms with van der Waals surface area (Å²) in [4.78, 5) is 11.8. The van der Waals surface area contributed by atoms with Gasteiger partial charge in [-0.1, -0.05) is 0 Å². The zero-order chi connectivity index (χ0) is 13.2. The summed E-state index contributed by atoms with van der Waals surface area (Å²) >= 11 is 0. The summed E-state index contributed by atoms with van der Waals surface area (Å²) in [5.41, 5.74) is 0. The maximum Gasteiger partial charge on any atom is 0.262 e. The number of hydrogen-bond acceptors (Lipinski definition) is 3. The van der Waals surface area contributed by atoms with Gasteiger partial charge in [-0.25, -0.2) is 8.78 Å². The van der Waals surface area contributed by atoms with Crippen LogP contribution in [-0.2, 0) is 9.53 Å². The maximum absolute atomic E-state index is 13.0. The lowest BCUT2D eigenvalue weighted by atomic mass is 9.92. The van der Waals surface area contributed by atoms with Gasteiger partial charge in [0.15, 0.2) is 0 Å². The van der Waals surface area contributed by atoms with E-state index in [0.29, 0.717) is 19.1 Å². The van der Waals surface area contributed by atoms with Gasteiger partial charge in [0.25, 0.3) is 5.92 Å². The molecule has 1 amide bonds. The van der Waals surface area contributed by atoms with Crippen molar-refractivity contribution in [2.45, 2.75) is 44.2 Å². The summed E-state index contributed by atoms with van der Waals surface area (Å²) < 4.78 is 31.2.